The van der Waals surface area contributed by atoms with E-state index in [4.69, 9.17) is 10.5 Å². The molecule has 2 rings (SSSR count). The molecular weight excluding hydrogens is 381 g/mol. The van der Waals surface area contributed by atoms with Crippen molar-refractivity contribution in [2.75, 3.05) is 43.1 Å². The predicted octanol–water partition coefficient (Wildman–Crippen LogP) is 2.42. The van der Waals surface area contributed by atoms with Crippen LogP contribution in [0.4, 0.5) is 11.4 Å². The number of halogens is 3. The van der Waals surface area contributed by atoms with E-state index in [0.29, 0.717) is 26.2 Å². The summed E-state index contributed by atoms with van der Waals surface area (Å²) in [6.07, 6.45) is 0.328. The number of ether oxygens (including phenoxy) is 1. The Morgan fingerprint density at radius 3 is 2.62 bits per heavy atom. The monoisotopic (exact) mass is 399 g/mol. The third kappa shape index (κ3) is 6.00. The summed E-state index contributed by atoms with van der Waals surface area (Å²) in [5.41, 5.74) is 7.24. The molecule has 0 aliphatic carbocycles. The molecule has 5 nitrogen and oxygen atoms in total. The smallest absolute Gasteiger partial charge is 0.225 e. The number of amides is 1. The molecule has 120 valence electrons. The summed E-state index contributed by atoms with van der Waals surface area (Å²) in [6.45, 7) is 3.45. The molecular formula is C13H20BrCl2N3O2. The Morgan fingerprint density at radius 2 is 2.00 bits per heavy atom. The molecule has 0 atom stereocenters. The zero-order chi connectivity index (χ0) is 13.7. The van der Waals surface area contributed by atoms with E-state index >= 15 is 0 Å². The second kappa shape index (κ2) is 10.2. The third-order valence-corrected chi connectivity index (χ3v) is 3.45. The third-order valence-electron chi connectivity index (χ3n) is 2.96. The number of anilines is 2. The quantitative estimate of drug-likeness (QED) is 0.814. The number of carbonyl (C=O) groups is 1. The molecule has 1 saturated heterocycles. The molecule has 1 fully saturated rings. The molecule has 0 unspecified atom stereocenters. The van der Waals surface area contributed by atoms with Crippen molar-refractivity contribution in [3.8, 4) is 0 Å². The summed E-state index contributed by atoms with van der Waals surface area (Å²) in [5.74, 6) is -0.0601. The maximum absolute atomic E-state index is 11.7. The number of hydrogen-bond donors (Lipinski definition) is 2. The van der Waals surface area contributed by atoms with Crippen LogP contribution in [-0.4, -0.2) is 38.8 Å². The van der Waals surface area contributed by atoms with Crippen molar-refractivity contribution in [3.05, 3.63) is 22.7 Å². The van der Waals surface area contributed by atoms with Gasteiger partial charge in [0.15, 0.2) is 0 Å². The molecule has 1 aliphatic heterocycles. The maximum Gasteiger partial charge on any atom is 0.225 e. The largest absolute Gasteiger partial charge is 0.378 e. The number of carbonyl (C=O) groups excluding carboxylic acids is 1. The van der Waals surface area contributed by atoms with Gasteiger partial charge in [0.1, 0.15) is 0 Å². The van der Waals surface area contributed by atoms with Crippen LogP contribution in [-0.2, 0) is 9.53 Å². The summed E-state index contributed by atoms with van der Waals surface area (Å²) in [5, 5.41) is 2.92. The Bertz CT molecular complexity index is 457. The minimum absolute atomic E-state index is 0. The maximum atomic E-state index is 11.7. The Morgan fingerprint density at radius 1 is 1.33 bits per heavy atom. The van der Waals surface area contributed by atoms with Gasteiger partial charge in [-0.2, -0.15) is 0 Å². The Labute approximate surface area is 145 Å². The van der Waals surface area contributed by atoms with Crippen LogP contribution in [0, 0.1) is 0 Å². The van der Waals surface area contributed by atoms with Gasteiger partial charge in [0.25, 0.3) is 0 Å². The average molecular weight is 401 g/mol. The van der Waals surface area contributed by atoms with Gasteiger partial charge in [-0.15, -0.1) is 24.8 Å². The van der Waals surface area contributed by atoms with Gasteiger partial charge in [-0.05, 0) is 18.2 Å². The average Bonchev–Trinajstić information content (AvgIpc) is 2.40. The first-order valence-electron chi connectivity index (χ1n) is 6.33. The highest BCUT2D eigenvalue weighted by Gasteiger charge is 2.16. The van der Waals surface area contributed by atoms with E-state index in [1.807, 2.05) is 18.2 Å². The van der Waals surface area contributed by atoms with E-state index in [9.17, 15) is 4.79 Å². The van der Waals surface area contributed by atoms with Gasteiger partial charge < -0.3 is 20.7 Å². The van der Waals surface area contributed by atoms with Gasteiger partial charge in [-0.3, -0.25) is 4.79 Å². The van der Waals surface area contributed by atoms with E-state index in [-0.39, 0.29) is 30.7 Å². The fourth-order valence-corrected chi connectivity index (χ4v) is 2.39. The van der Waals surface area contributed by atoms with Crippen molar-refractivity contribution < 1.29 is 9.53 Å². The van der Waals surface area contributed by atoms with Crippen LogP contribution >= 0.6 is 40.7 Å². The first-order chi connectivity index (χ1) is 9.20. The molecule has 8 heteroatoms. The number of benzene rings is 1. The van der Waals surface area contributed by atoms with Crippen molar-refractivity contribution in [1.82, 2.24) is 0 Å². The van der Waals surface area contributed by atoms with E-state index in [0.717, 1.165) is 28.9 Å². The topological polar surface area (TPSA) is 67.6 Å². The number of morpholine rings is 1. The number of rotatable bonds is 4. The van der Waals surface area contributed by atoms with Gasteiger partial charge >= 0.3 is 0 Å². The van der Waals surface area contributed by atoms with Crippen LogP contribution in [0.1, 0.15) is 6.42 Å². The SMILES string of the molecule is Cl.Cl.NCCC(=O)Nc1cc(Br)ccc1N1CCOCC1. The number of nitrogens with zero attached hydrogens (tertiary/aromatic N) is 1. The Kier molecular flexibility index (Phi) is 9.98. The van der Waals surface area contributed by atoms with Crippen molar-refractivity contribution in [1.29, 1.82) is 0 Å². The lowest BCUT2D eigenvalue weighted by atomic mass is 10.2. The van der Waals surface area contributed by atoms with E-state index in [1.54, 1.807) is 0 Å². The second-order valence-electron chi connectivity index (χ2n) is 4.35. The fourth-order valence-electron chi connectivity index (χ4n) is 2.03. The summed E-state index contributed by atoms with van der Waals surface area (Å²) in [7, 11) is 0. The molecule has 1 aliphatic rings. The molecule has 0 spiro atoms. The highest BCUT2D eigenvalue weighted by atomic mass is 79.9. The number of hydrogen-bond acceptors (Lipinski definition) is 4. The minimum atomic E-state index is -0.0601. The second-order valence-corrected chi connectivity index (χ2v) is 5.26. The van der Waals surface area contributed by atoms with Crippen LogP contribution in [0.5, 0.6) is 0 Å². The molecule has 0 aromatic heterocycles. The molecule has 1 amide bonds. The standard InChI is InChI=1S/C13H18BrN3O2.2ClH/c14-10-1-2-12(17-5-7-19-8-6-17)11(9-10)16-13(18)3-4-15;;/h1-2,9H,3-8,15H2,(H,16,18);2*1H. The molecule has 0 bridgehead atoms. The normalized spacial score (nSPS) is 13.9. The van der Waals surface area contributed by atoms with Gasteiger partial charge in [0.2, 0.25) is 5.91 Å². The molecule has 0 saturated carbocycles. The Hall–Kier alpha value is -0.530. The van der Waals surface area contributed by atoms with Gasteiger partial charge in [0.05, 0.1) is 24.6 Å². The zero-order valence-electron chi connectivity index (χ0n) is 11.5. The summed E-state index contributed by atoms with van der Waals surface area (Å²) < 4.78 is 6.29. The van der Waals surface area contributed by atoms with Crippen LogP contribution in [0.2, 0.25) is 0 Å². The van der Waals surface area contributed by atoms with Gasteiger partial charge in [-0.25, -0.2) is 0 Å². The van der Waals surface area contributed by atoms with Crippen molar-refractivity contribution in [3.63, 3.8) is 0 Å². The fraction of sp³-hybridized carbons (Fsp3) is 0.462. The molecule has 1 heterocycles. The lowest BCUT2D eigenvalue weighted by Crippen LogP contribution is -2.36. The highest BCUT2D eigenvalue weighted by Crippen LogP contribution is 2.30. The molecule has 1 aromatic carbocycles. The predicted molar refractivity (Wildman–Crippen MR) is 94.0 cm³/mol. The Balaban J connectivity index is 0.00000200. The van der Waals surface area contributed by atoms with Crippen molar-refractivity contribution in [2.24, 2.45) is 5.73 Å². The van der Waals surface area contributed by atoms with Crippen LogP contribution in [0.3, 0.4) is 0 Å². The van der Waals surface area contributed by atoms with Crippen LogP contribution < -0.4 is 16.0 Å². The summed E-state index contributed by atoms with van der Waals surface area (Å²) >= 11 is 3.43. The first kappa shape index (κ1) is 20.5. The van der Waals surface area contributed by atoms with E-state index < -0.39 is 0 Å². The van der Waals surface area contributed by atoms with Crippen LogP contribution in [0.25, 0.3) is 0 Å². The van der Waals surface area contributed by atoms with Crippen molar-refractivity contribution in [2.45, 2.75) is 6.42 Å². The van der Waals surface area contributed by atoms with E-state index in [1.165, 1.54) is 0 Å². The zero-order valence-corrected chi connectivity index (χ0v) is 14.7. The number of nitrogens with two attached hydrogens (primary N) is 1. The molecule has 1 aromatic rings. The lowest BCUT2D eigenvalue weighted by Gasteiger charge is -2.30. The van der Waals surface area contributed by atoms with Gasteiger partial charge in [0, 0.05) is 30.5 Å². The highest BCUT2D eigenvalue weighted by molar-refractivity contribution is 9.10. The summed E-state index contributed by atoms with van der Waals surface area (Å²) in [6, 6.07) is 5.90. The van der Waals surface area contributed by atoms with Gasteiger partial charge in [-0.1, -0.05) is 15.9 Å². The molecule has 21 heavy (non-hydrogen) atoms. The number of nitrogens with one attached hydrogen (secondary N) is 1. The summed E-state index contributed by atoms with van der Waals surface area (Å²) in [4.78, 5) is 13.9. The minimum Gasteiger partial charge on any atom is -0.378 e. The van der Waals surface area contributed by atoms with E-state index in [2.05, 4.69) is 26.1 Å². The molecule has 0 radical (unpaired) electrons. The molecule has 3 N–H and O–H groups in total. The lowest BCUT2D eigenvalue weighted by molar-refractivity contribution is -0.116. The first-order valence-corrected chi connectivity index (χ1v) is 7.12. The van der Waals surface area contributed by atoms with Crippen molar-refractivity contribution >= 4 is 58.0 Å². The van der Waals surface area contributed by atoms with Crippen LogP contribution in [0.15, 0.2) is 22.7 Å².